The molecule has 0 saturated carbocycles. The molecule has 1 saturated heterocycles. The van der Waals surface area contributed by atoms with Crippen molar-refractivity contribution in [1.29, 1.82) is 0 Å². The zero-order valence-electron chi connectivity index (χ0n) is 12.2. The standard InChI is InChI=1S/C14H19N3O3.ClH/c1-10-7-11(9-13(8-10)17(19)20)14(18)16(2)12-3-5-15-6-4-12;/h7-9,12,15H,3-6H2,1-2H3;1H. The van der Waals surface area contributed by atoms with Gasteiger partial charge in [-0.25, -0.2) is 0 Å². The summed E-state index contributed by atoms with van der Waals surface area (Å²) in [7, 11) is 1.77. The van der Waals surface area contributed by atoms with Crippen LogP contribution in [0.4, 0.5) is 5.69 Å². The maximum atomic E-state index is 12.5. The van der Waals surface area contributed by atoms with Gasteiger partial charge < -0.3 is 10.2 Å². The molecule has 0 atom stereocenters. The van der Waals surface area contributed by atoms with Gasteiger partial charge in [-0.1, -0.05) is 0 Å². The molecule has 0 unspecified atom stereocenters. The fraction of sp³-hybridized carbons (Fsp3) is 0.500. The third kappa shape index (κ3) is 4.15. The molecule has 7 heteroatoms. The molecule has 0 aliphatic carbocycles. The quantitative estimate of drug-likeness (QED) is 0.685. The number of hydrogen-bond donors (Lipinski definition) is 1. The smallest absolute Gasteiger partial charge is 0.270 e. The van der Waals surface area contributed by atoms with E-state index in [-0.39, 0.29) is 30.0 Å². The SMILES string of the molecule is Cc1cc(C(=O)N(C)C2CCNCC2)cc([N+](=O)[O-])c1.Cl. The van der Waals surface area contributed by atoms with E-state index in [1.54, 1.807) is 24.9 Å². The topological polar surface area (TPSA) is 75.5 Å². The van der Waals surface area contributed by atoms with Crippen molar-refractivity contribution in [3.05, 3.63) is 39.4 Å². The van der Waals surface area contributed by atoms with Crippen molar-refractivity contribution in [2.75, 3.05) is 20.1 Å². The first-order valence-corrected chi connectivity index (χ1v) is 6.73. The summed E-state index contributed by atoms with van der Waals surface area (Å²) >= 11 is 0. The van der Waals surface area contributed by atoms with Crippen molar-refractivity contribution in [3.63, 3.8) is 0 Å². The van der Waals surface area contributed by atoms with Crippen LogP contribution in [-0.4, -0.2) is 41.9 Å². The van der Waals surface area contributed by atoms with E-state index in [1.807, 2.05) is 0 Å². The molecule has 6 nitrogen and oxygen atoms in total. The number of nitrogens with one attached hydrogen (secondary N) is 1. The second-order valence-corrected chi connectivity index (χ2v) is 5.21. The summed E-state index contributed by atoms with van der Waals surface area (Å²) in [5, 5.41) is 14.1. The van der Waals surface area contributed by atoms with Gasteiger partial charge in [0.1, 0.15) is 0 Å². The molecule has 1 aliphatic heterocycles. The van der Waals surface area contributed by atoms with Crippen LogP contribution in [0.25, 0.3) is 0 Å². The van der Waals surface area contributed by atoms with Crippen LogP contribution >= 0.6 is 12.4 Å². The highest BCUT2D eigenvalue weighted by atomic mass is 35.5. The van der Waals surface area contributed by atoms with Gasteiger partial charge in [0.2, 0.25) is 0 Å². The fourth-order valence-electron chi connectivity index (χ4n) is 2.56. The summed E-state index contributed by atoms with van der Waals surface area (Å²) in [6.45, 7) is 3.56. The molecule has 1 N–H and O–H groups in total. The first-order chi connectivity index (χ1) is 9.49. The van der Waals surface area contributed by atoms with E-state index in [0.29, 0.717) is 5.56 Å². The lowest BCUT2D eigenvalue weighted by Gasteiger charge is -2.31. The van der Waals surface area contributed by atoms with E-state index in [4.69, 9.17) is 0 Å². The lowest BCUT2D eigenvalue weighted by atomic mass is 10.0. The average Bonchev–Trinajstić information content (AvgIpc) is 2.46. The summed E-state index contributed by atoms with van der Waals surface area (Å²) in [6, 6.07) is 4.73. The predicted molar refractivity (Wildman–Crippen MR) is 83.1 cm³/mol. The molecule has 1 aromatic carbocycles. The van der Waals surface area contributed by atoms with Crippen LogP contribution in [0.1, 0.15) is 28.8 Å². The van der Waals surface area contributed by atoms with E-state index in [0.717, 1.165) is 31.5 Å². The van der Waals surface area contributed by atoms with Gasteiger partial charge in [-0.15, -0.1) is 12.4 Å². The lowest BCUT2D eigenvalue weighted by Crippen LogP contribution is -2.44. The van der Waals surface area contributed by atoms with Gasteiger partial charge in [0.05, 0.1) is 4.92 Å². The van der Waals surface area contributed by atoms with Crippen LogP contribution in [0.3, 0.4) is 0 Å². The molecule has 21 heavy (non-hydrogen) atoms. The lowest BCUT2D eigenvalue weighted by molar-refractivity contribution is -0.384. The number of aryl methyl sites for hydroxylation is 1. The molecule has 1 fully saturated rings. The van der Waals surface area contributed by atoms with Gasteiger partial charge in [-0.3, -0.25) is 14.9 Å². The second-order valence-electron chi connectivity index (χ2n) is 5.21. The van der Waals surface area contributed by atoms with Crippen molar-refractivity contribution in [2.24, 2.45) is 0 Å². The van der Waals surface area contributed by atoms with E-state index < -0.39 is 4.92 Å². The number of amides is 1. The molecule has 1 amide bonds. The minimum absolute atomic E-state index is 0. The van der Waals surface area contributed by atoms with Gasteiger partial charge >= 0.3 is 0 Å². The number of non-ortho nitro benzene ring substituents is 1. The fourth-order valence-corrected chi connectivity index (χ4v) is 2.56. The Balaban J connectivity index is 0.00000220. The Kier molecular flexibility index (Phi) is 6.11. The monoisotopic (exact) mass is 313 g/mol. The maximum Gasteiger partial charge on any atom is 0.270 e. The average molecular weight is 314 g/mol. The highest BCUT2D eigenvalue weighted by molar-refractivity contribution is 5.95. The molecule has 0 radical (unpaired) electrons. The molecule has 0 bridgehead atoms. The number of nitro groups is 1. The summed E-state index contributed by atoms with van der Waals surface area (Å²) < 4.78 is 0. The van der Waals surface area contributed by atoms with E-state index in [2.05, 4.69) is 5.32 Å². The zero-order valence-corrected chi connectivity index (χ0v) is 13.0. The van der Waals surface area contributed by atoms with Gasteiger partial charge in [-0.05, 0) is 44.5 Å². The van der Waals surface area contributed by atoms with E-state index in [1.165, 1.54) is 12.1 Å². The number of halogens is 1. The van der Waals surface area contributed by atoms with Crippen LogP contribution in [0.2, 0.25) is 0 Å². The van der Waals surface area contributed by atoms with Crippen LogP contribution < -0.4 is 5.32 Å². The van der Waals surface area contributed by atoms with Crippen LogP contribution in [0, 0.1) is 17.0 Å². The third-order valence-corrected chi connectivity index (χ3v) is 3.70. The van der Waals surface area contributed by atoms with Crippen molar-refractivity contribution >= 4 is 24.0 Å². The minimum Gasteiger partial charge on any atom is -0.339 e. The number of carbonyl (C=O) groups is 1. The number of benzene rings is 1. The van der Waals surface area contributed by atoms with E-state index in [9.17, 15) is 14.9 Å². The van der Waals surface area contributed by atoms with Crippen molar-refractivity contribution in [2.45, 2.75) is 25.8 Å². The Morgan fingerprint density at radius 2 is 1.95 bits per heavy atom. The van der Waals surface area contributed by atoms with Gasteiger partial charge in [0, 0.05) is 30.8 Å². The highest BCUT2D eigenvalue weighted by Gasteiger charge is 2.24. The molecule has 0 aromatic heterocycles. The first kappa shape index (κ1) is 17.4. The Morgan fingerprint density at radius 3 is 2.52 bits per heavy atom. The minimum atomic E-state index is -0.464. The summed E-state index contributed by atoms with van der Waals surface area (Å²) in [6.07, 6.45) is 1.83. The Hall–Kier alpha value is -1.66. The van der Waals surface area contributed by atoms with E-state index >= 15 is 0 Å². The molecule has 116 valence electrons. The summed E-state index contributed by atoms with van der Waals surface area (Å²) in [4.78, 5) is 24.6. The zero-order chi connectivity index (χ0) is 14.7. The molecular weight excluding hydrogens is 294 g/mol. The normalized spacial score (nSPS) is 15.1. The number of hydrogen-bond acceptors (Lipinski definition) is 4. The molecule has 1 aromatic rings. The maximum absolute atomic E-state index is 12.5. The predicted octanol–water partition coefficient (Wildman–Crippen LogP) is 2.15. The highest BCUT2D eigenvalue weighted by Crippen LogP contribution is 2.20. The summed E-state index contributed by atoms with van der Waals surface area (Å²) in [5.41, 5.74) is 1.08. The van der Waals surface area contributed by atoms with Crippen LogP contribution in [0.5, 0.6) is 0 Å². The number of nitro benzene ring substituents is 1. The van der Waals surface area contributed by atoms with Crippen molar-refractivity contribution < 1.29 is 9.72 Å². The molecular formula is C14H20ClN3O3. The Labute approximate surface area is 130 Å². The number of piperidine rings is 1. The van der Waals surface area contributed by atoms with Crippen LogP contribution in [-0.2, 0) is 0 Å². The number of rotatable bonds is 3. The second kappa shape index (κ2) is 7.38. The molecule has 2 rings (SSSR count). The number of nitrogens with zero attached hydrogens (tertiary/aromatic N) is 2. The van der Waals surface area contributed by atoms with Gasteiger partial charge in [-0.2, -0.15) is 0 Å². The van der Waals surface area contributed by atoms with Crippen molar-refractivity contribution in [1.82, 2.24) is 10.2 Å². The summed E-state index contributed by atoms with van der Waals surface area (Å²) in [5.74, 6) is -0.149. The number of carbonyl (C=O) groups excluding carboxylic acids is 1. The Morgan fingerprint density at radius 1 is 1.33 bits per heavy atom. The largest absolute Gasteiger partial charge is 0.339 e. The third-order valence-electron chi connectivity index (χ3n) is 3.70. The first-order valence-electron chi connectivity index (χ1n) is 6.73. The molecule has 0 spiro atoms. The molecule has 1 heterocycles. The van der Waals surface area contributed by atoms with Gasteiger partial charge in [0.15, 0.2) is 0 Å². The molecule has 1 aliphatic rings. The van der Waals surface area contributed by atoms with Crippen molar-refractivity contribution in [3.8, 4) is 0 Å². The van der Waals surface area contributed by atoms with Crippen LogP contribution in [0.15, 0.2) is 18.2 Å². The van der Waals surface area contributed by atoms with Gasteiger partial charge in [0.25, 0.3) is 11.6 Å². The Bertz CT molecular complexity index is 530.